The predicted octanol–water partition coefficient (Wildman–Crippen LogP) is 1.29. The fourth-order valence-electron chi connectivity index (χ4n) is 1.35. The number of nitrogens with zero attached hydrogens (tertiary/aromatic N) is 4. The van der Waals surface area contributed by atoms with E-state index in [0.29, 0.717) is 17.5 Å². The van der Waals surface area contributed by atoms with E-state index in [9.17, 15) is 0 Å². The molecule has 2 heterocycles. The average Bonchev–Trinajstić information content (AvgIpc) is 2.78. The van der Waals surface area contributed by atoms with Crippen molar-refractivity contribution in [2.45, 2.75) is 0 Å². The Labute approximate surface area is 80.5 Å². The van der Waals surface area contributed by atoms with Gasteiger partial charge in [-0.15, -0.1) is 0 Å². The van der Waals surface area contributed by atoms with Gasteiger partial charge in [-0.1, -0.05) is 30.3 Å². The van der Waals surface area contributed by atoms with Gasteiger partial charge in [0.15, 0.2) is 5.84 Å². The second-order valence-electron chi connectivity index (χ2n) is 2.93. The third-order valence-electron chi connectivity index (χ3n) is 2.02. The smallest absolute Gasteiger partial charge is 0.201 e. The van der Waals surface area contributed by atoms with E-state index in [1.165, 1.54) is 6.34 Å². The fraction of sp³-hybridized carbons (Fsp3) is 0. The van der Waals surface area contributed by atoms with Gasteiger partial charge in [0.25, 0.3) is 0 Å². The van der Waals surface area contributed by atoms with Crippen LogP contribution in [-0.2, 0) is 0 Å². The lowest BCUT2D eigenvalue weighted by Crippen LogP contribution is -1.97. The van der Waals surface area contributed by atoms with Crippen molar-refractivity contribution in [2.24, 2.45) is 20.0 Å². The molecule has 0 unspecified atom stereocenters. The van der Waals surface area contributed by atoms with Gasteiger partial charge in [0.1, 0.15) is 6.34 Å². The SMILES string of the molecule is C1=NC2=NC(c3ccccc3)=NC2=N1. The second-order valence-corrected chi connectivity index (χ2v) is 2.93. The Morgan fingerprint density at radius 3 is 2.36 bits per heavy atom. The summed E-state index contributed by atoms with van der Waals surface area (Å²) in [6.45, 7) is 0. The summed E-state index contributed by atoms with van der Waals surface area (Å²) in [4.78, 5) is 16.5. The molecule has 4 heteroatoms. The minimum atomic E-state index is 0.615. The van der Waals surface area contributed by atoms with Gasteiger partial charge in [-0.2, -0.15) is 0 Å². The molecule has 0 bridgehead atoms. The van der Waals surface area contributed by atoms with Gasteiger partial charge in [0, 0.05) is 5.56 Å². The third-order valence-corrected chi connectivity index (χ3v) is 2.02. The number of amidine groups is 3. The monoisotopic (exact) mass is 182 g/mol. The summed E-state index contributed by atoms with van der Waals surface area (Å²) < 4.78 is 0. The molecule has 4 nitrogen and oxygen atoms in total. The molecule has 14 heavy (non-hydrogen) atoms. The summed E-state index contributed by atoms with van der Waals surface area (Å²) in [5, 5.41) is 0. The Hall–Kier alpha value is -2.10. The molecular formula is C10H6N4. The number of hydrogen-bond donors (Lipinski definition) is 0. The third kappa shape index (κ3) is 1.01. The van der Waals surface area contributed by atoms with Crippen molar-refractivity contribution in [1.29, 1.82) is 0 Å². The van der Waals surface area contributed by atoms with Crippen molar-refractivity contribution in [1.82, 2.24) is 0 Å². The van der Waals surface area contributed by atoms with Crippen LogP contribution in [0.1, 0.15) is 5.56 Å². The van der Waals surface area contributed by atoms with E-state index in [2.05, 4.69) is 20.0 Å². The van der Waals surface area contributed by atoms with Crippen molar-refractivity contribution < 1.29 is 0 Å². The van der Waals surface area contributed by atoms with Crippen molar-refractivity contribution in [3.63, 3.8) is 0 Å². The van der Waals surface area contributed by atoms with Crippen LogP contribution < -0.4 is 0 Å². The molecular weight excluding hydrogens is 176 g/mol. The first-order valence-corrected chi connectivity index (χ1v) is 4.27. The lowest BCUT2D eigenvalue weighted by molar-refractivity contribution is 1.54. The van der Waals surface area contributed by atoms with Crippen molar-refractivity contribution in [2.75, 3.05) is 0 Å². The largest absolute Gasteiger partial charge is 0.213 e. The van der Waals surface area contributed by atoms with Crippen molar-refractivity contribution in [3.8, 4) is 0 Å². The molecule has 0 atom stereocenters. The normalized spacial score (nSPS) is 17.6. The van der Waals surface area contributed by atoms with Crippen LogP contribution in [-0.4, -0.2) is 23.8 Å². The molecule has 2 aliphatic rings. The minimum Gasteiger partial charge on any atom is -0.213 e. The van der Waals surface area contributed by atoms with Gasteiger partial charge in [-0.25, -0.2) is 20.0 Å². The Kier molecular flexibility index (Phi) is 1.41. The summed E-state index contributed by atoms with van der Waals surface area (Å²) in [6, 6.07) is 9.81. The van der Waals surface area contributed by atoms with Gasteiger partial charge in [0.2, 0.25) is 11.7 Å². The van der Waals surface area contributed by atoms with Crippen LogP contribution in [0.5, 0.6) is 0 Å². The molecule has 0 saturated carbocycles. The van der Waals surface area contributed by atoms with Gasteiger partial charge in [-0.3, -0.25) is 0 Å². The molecule has 1 aromatic carbocycles. The summed E-state index contributed by atoms with van der Waals surface area (Å²) in [6.07, 6.45) is 1.47. The molecule has 0 fully saturated rings. The van der Waals surface area contributed by atoms with Crippen molar-refractivity contribution >= 4 is 23.8 Å². The van der Waals surface area contributed by atoms with E-state index in [0.717, 1.165) is 5.56 Å². The molecule has 1 aromatic rings. The Bertz CT molecular complexity index is 494. The van der Waals surface area contributed by atoms with Crippen molar-refractivity contribution in [3.05, 3.63) is 35.9 Å². The van der Waals surface area contributed by atoms with E-state index < -0.39 is 0 Å². The standard InChI is InChI=1S/C10H6N4/c1-2-4-7(5-3-1)8-13-9-10(14-8)12-6-11-9/h1-6H. The highest BCUT2D eigenvalue weighted by Gasteiger charge is 2.20. The van der Waals surface area contributed by atoms with E-state index in [-0.39, 0.29) is 0 Å². The molecule has 0 aliphatic carbocycles. The van der Waals surface area contributed by atoms with E-state index in [1.54, 1.807) is 0 Å². The number of fused-ring (bicyclic) bond motifs is 1. The quantitative estimate of drug-likeness (QED) is 0.628. The highest BCUT2D eigenvalue weighted by atomic mass is 15.2. The molecule has 66 valence electrons. The van der Waals surface area contributed by atoms with Crippen LogP contribution in [0.4, 0.5) is 0 Å². The zero-order valence-corrected chi connectivity index (χ0v) is 7.25. The summed E-state index contributed by atoms with van der Waals surface area (Å²) in [7, 11) is 0. The lowest BCUT2D eigenvalue weighted by atomic mass is 10.2. The van der Waals surface area contributed by atoms with Gasteiger partial charge in [-0.05, 0) is 0 Å². The maximum Gasteiger partial charge on any atom is 0.201 e. The zero-order chi connectivity index (χ0) is 9.38. The zero-order valence-electron chi connectivity index (χ0n) is 7.25. The second kappa shape index (κ2) is 2.70. The number of benzene rings is 1. The average molecular weight is 182 g/mol. The van der Waals surface area contributed by atoms with Gasteiger partial charge in [0.05, 0.1) is 0 Å². The van der Waals surface area contributed by atoms with Crippen LogP contribution in [0.25, 0.3) is 0 Å². The predicted molar refractivity (Wildman–Crippen MR) is 56.3 cm³/mol. The number of rotatable bonds is 1. The van der Waals surface area contributed by atoms with Crippen LogP contribution >= 0.6 is 0 Å². The highest BCUT2D eigenvalue weighted by molar-refractivity contribution is 6.51. The van der Waals surface area contributed by atoms with Crippen LogP contribution in [0, 0.1) is 0 Å². The first-order chi connectivity index (χ1) is 6.93. The Morgan fingerprint density at radius 1 is 0.786 bits per heavy atom. The molecule has 3 rings (SSSR count). The van der Waals surface area contributed by atoms with E-state index in [1.807, 2.05) is 30.3 Å². The molecule has 2 aliphatic heterocycles. The highest BCUT2D eigenvalue weighted by Crippen LogP contribution is 2.11. The Balaban J connectivity index is 2.05. The van der Waals surface area contributed by atoms with Gasteiger partial charge >= 0.3 is 0 Å². The van der Waals surface area contributed by atoms with Crippen LogP contribution in [0.15, 0.2) is 50.3 Å². The minimum absolute atomic E-state index is 0.615. The molecule has 0 aromatic heterocycles. The summed E-state index contributed by atoms with van der Waals surface area (Å²) >= 11 is 0. The maximum absolute atomic E-state index is 4.26. The summed E-state index contributed by atoms with van der Waals surface area (Å²) in [5.74, 6) is 1.92. The maximum atomic E-state index is 4.26. The molecule has 0 radical (unpaired) electrons. The van der Waals surface area contributed by atoms with Crippen LogP contribution in [0.3, 0.4) is 0 Å². The molecule has 0 amide bonds. The first-order valence-electron chi connectivity index (χ1n) is 4.27. The lowest BCUT2D eigenvalue weighted by Gasteiger charge is -1.93. The molecule has 0 N–H and O–H groups in total. The van der Waals surface area contributed by atoms with Crippen LogP contribution in [0.2, 0.25) is 0 Å². The number of hydrogen-bond acceptors (Lipinski definition) is 4. The number of aliphatic imine (C=N–C) groups is 4. The first kappa shape index (κ1) is 7.32. The van der Waals surface area contributed by atoms with E-state index in [4.69, 9.17) is 0 Å². The fourth-order valence-corrected chi connectivity index (χ4v) is 1.35. The molecule has 0 saturated heterocycles. The molecule has 0 spiro atoms. The Morgan fingerprint density at radius 2 is 1.57 bits per heavy atom. The van der Waals surface area contributed by atoms with E-state index >= 15 is 0 Å². The topological polar surface area (TPSA) is 49.4 Å². The summed E-state index contributed by atoms with van der Waals surface area (Å²) in [5.41, 5.74) is 0.993. The van der Waals surface area contributed by atoms with Gasteiger partial charge < -0.3 is 0 Å².